The van der Waals surface area contributed by atoms with Crippen molar-refractivity contribution in [1.29, 1.82) is 0 Å². The number of hydrogen-bond donors (Lipinski definition) is 1. The molecular formula is C12H20O2. The topological polar surface area (TPSA) is 29.5 Å². The van der Waals surface area contributed by atoms with E-state index >= 15 is 0 Å². The number of hydrogen-bond acceptors (Lipinski definition) is 2. The molecule has 1 N–H and O–H groups in total. The first kappa shape index (κ1) is 9.17. The Kier molecular flexibility index (Phi) is 1.94. The van der Waals surface area contributed by atoms with E-state index in [0.29, 0.717) is 17.9 Å². The summed E-state index contributed by atoms with van der Waals surface area (Å²) in [5.41, 5.74) is -0.124. The molecule has 14 heavy (non-hydrogen) atoms. The average molecular weight is 196 g/mol. The van der Waals surface area contributed by atoms with Crippen molar-refractivity contribution in [2.24, 2.45) is 11.8 Å². The van der Waals surface area contributed by atoms with E-state index < -0.39 is 0 Å². The van der Waals surface area contributed by atoms with Gasteiger partial charge in [-0.05, 0) is 43.9 Å². The molecule has 1 saturated carbocycles. The molecule has 0 radical (unpaired) electrons. The molecule has 0 aromatic carbocycles. The molecule has 2 nitrogen and oxygen atoms in total. The third kappa shape index (κ3) is 1.04. The Balaban J connectivity index is 1.95. The molecule has 2 aliphatic heterocycles. The lowest BCUT2D eigenvalue weighted by Gasteiger charge is -2.52. The van der Waals surface area contributed by atoms with Crippen LogP contribution in [0, 0.1) is 11.8 Å². The predicted molar refractivity (Wildman–Crippen MR) is 54.0 cm³/mol. The summed E-state index contributed by atoms with van der Waals surface area (Å²) in [5.74, 6) is 1.09. The lowest BCUT2D eigenvalue weighted by molar-refractivity contribution is -0.246. The van der Waals surface area contributed by atoms with Crippen molar-refractivity contribution < 1.29 is 9.84 Å². The van der Waals surface area contributed by atoms with Crippen LogP contribution in [0.1, 0.15) is 45.4 Å². The third-order valence-electron chi connectivity index (χ3n) is 4.71. The molecule has 0 aromatic heterocycles. The summed E-state index contributed by atoms with van der Waals surface area (Å²) in [6, 6.07) is 0. The zero-order valence-corrected chi connectivity index (χ0v) is 8.91. The number of aliphatic hydroxyl groups is 1. The minimum Gasteiger partial charge on any atom is -0.390 e. The van der Waals surface area contributed by atoms with Crippen molar-refractivity contribution in [3.05, 3.63) is 0 Å². The van der Waals surface area contributed by atoms with Crippen LogP contribution in [-0.4, -0.2) is 22.9 Å². The highest BCUT2D eigenvalue weighted by Crippen LogP contribution is 2.53. The summed E-state index contributed by atoms with van der Waals surface area (Å²) >= 11 is 0. The van der Waals surface area contributed by atoms with E-state index in [2.05, 4.69) is 6.92 Å². The normalized spacial score (nSPS) is 57.0. The molecule has 0 aromatic rings. The molecule has 0 amide bonds. The third-order valence-corrected chi connectivity index (χ3v) is 4.71. The van der Waals surface area contributed by atoms with Gasteiger partial charge >= 0.3 is 0 Å². The zero-order valence-electron chi connectivity index (χ0n) is 8.91. The van der Waals surface area contributed by atoms with Crippen LogP contribution in [0.2, 0.25) is 0 Å². The van der Waals surface area contributed by atoms with Crippen molar-refractivity contribution >= 4 is 0 Å². The predicted octanol–water partition coefficient (Wildman–Crippen LogP) is 2.11. The van der Waals surface area contributed by atoms with Gasteiger partial charge in [-0.2, -0.15) is 0 Å². The van der Waals surface area contributed by atoms with Gasteiger partial charge in [0.05, 0.1) is 17.8 Å². The van der Waals surface area contributed by atoms with Crippen LogP contribution >= 0.6 is 0 Å². The van der Waals surface area contributed by atoms with Crippen LogP contribution in [0.4, 0.5) is 0 Å². The minimum atomic E-state index is -0.202. The van der Waals surface area contributed by atoms with E-state index in [1.54, 1.807) is 0 Å². The monoisotopic (exact) mass is 196 g/mol. The number of aliphatic hydroxyl groups excluding tert-OH is 1. The highest BCUT2D eigenvalue weighted by atomic mass is 16.5. The first-order valence-corrected chi connectivity index (χ1v) is 6.08. The van der Waals surface area contributed by atoms with Gasteiger partial charge in [-0.25, -0.2) is 0 Å². The fourth-order valence-electron chi connectivity index (χ4n) is 4.02. The van der Waals surface area contributed by atoms with Gasteiger partial charge in [-0.1, -0.05) is 13.3 Å². The quantitative estimate of drug-likeness (QED) is 0.643. The molecule has 80 valence electrons. The van der Waals surface area contributed by atoms with Gasteiger partial charge in [0.2, 0.25) is 0 Å². The van der Waals surface area contributed by atoms with E-state index in [4.69, 9.17) is 4.74 Å². The maximum Gasteiger partial charge on any atom is 0.0974 e. The standard InChI is InChI=1S/C12H20O2/c1-8-7-10-5-4-9-3-2-6-12(9,14-10)11(8)13/h8-11,13H,2-7H2,1H3/t8-,9-,10-,11+,12-/m1/s1. The Bertz CT molecular complexity index is 240. The molecule has 3 rings (SSSR count). The van der Waals surface area contributed by atoms with Crippen molar-refractivity contribution in [2.75, 3.05) is 0 Å². The largest absolute Gasteiger partial charge is 0.390 e. The number of rotatable bonds is 0. The molecule has 1 spiro atoms. The SMILES string of the molecule is C[C@@H]1C[C@H]2CC[C@H]3CCC[C@]3(O2)[C@H]1O. The molecule has 2 saturated heterocycles. The molecule has 5 atom stereocenters. The summed E-state index contributed by atoms with van der Waals surface area (Å²) in [4.78, 5) is 0. The van der Waals surface area contributed by atoms with Crippen LogP contribution in [-0.2, 0) is 4.74 Å². The Morgan fingerprint density at radius 3 is 3.00 bits per heavy atom. The lowest BCUT2D eigenvalue weighted by Crippen LogP contribution is -2.59. The fourth-order valence-corrected chi connectivity index (χ4v) is 4.02. The number of ether oxygens (including phenoxy) is 1. The molecule has 2 bridgehead atoms. The summed E-state index contributed by atoms with van der Waals surface area (Å²) in [6.45, 7) is 2.18. The fraction of sp³-hybridized carbons (Fsp3) is 1.00. The second kappa shape index (κ2) is 2.96. The molecule has 2 heterocycles. The van der Waals surface area contributed by atoms with E-state index in [0.717, 1.165) is 12.8 Å². The zero-order chi connectivity index (χ0) is 9.76. The first-order valence-electron chi connectivity index (χ1n) is 6.08. The number of fused-ring (bicyclic) bond motifs is 1. The lowest BCUT2D eigenvalue weighted by atomic mass is 9.70. The van der Waals surface area contributed by atoms with Crippen LogP contribution in [0.3, 0.4) is 0 Å². The van der Waals surface area contributed by atoms with Crippen LogP contribution < -0.4 is 0 Å². The Labute approximate surface area is 85.6 Å². The summed E-state index contributed by atoms with van der Waals surface area (Å²) in [7, 11) is 0. The van der Waals surface area contributed by atoms with Gasteiger partial charge in [0.15, 0.2) is 0 Å². The van der Waals surface area contributed by atoms with Crippen molar-refractivity contribution in [1.82, 2.24) is 0 Å². The van der Waals surface area contributed by atoms with Crippen LogP contribution in [0.25, 0.3) is 0 Å². The minimum absolute atomic E-state index is 0.124. The molecule has 3 fully saturated rings. The Morgan fingerprint density at radius 2 is 2.14 bits per heavy atom. The van der Waals surface area contributed by atoms with E-state index in [1.165, 1.54) is 25.7 Å². The van der Waals surface area contributed by atoms with Crippen molar-refractivity contribution in [2.45, 2.75) is 63.3 Å². The highest BCUT2D eigenvalue weighted by molar-refractivity contribution is 5.06. The smallest absolute Gasteiger partial charge is 0.0974 e. The Hall–Kier alpha value is -0.0800. The van der Waals surface area contributed by atoms with Gasteiger partial charge in [-0.15, -0.1) is 0 Å². The molecule has 0 unspecified atom stereocenters. The maximum absolute atomic E-state index is 10.3. The average Bonchev–Trinajstić information content (AvgIpc) is 2.58. The second-order valence-electron chi connectivity index (χ2n) is 5.52. The summed E-state index contributed by atoms with van der Waals surface area (Å²) in [6.07, 6.45) is 7.44. The molecular weight excluding hydrogens is 176 g/mol. The van der Waals surface area contributed by atoms with Gasteiger partial charge in [0.25, 0.3) is 0 Å². The van der Waals surface area contributed by atoms with Gasteiger partial charge < -0.3 is 9.84 Å². The van der Waals surface area contributed by atoms with Crippen LogP contribution in [0.15, 0.2) is 0 Å². The van der Waals surface area contributed by atoms with Gasteiger partial charge in [0.1, 0.15) is 0 Å². The van der Waals surface area contributed by atoms with Crippen LogP contribution in [0.5, 0.6) is 0 Å². The summed E-state index contributed by atoms with van der Waals surface area (Å²) < 4.78 is 6.17. The van der Waals surface area contributed by atoms with Crippen molar-refractivity contribution in [3.63, 3.8) is 0 Å². The van der Waals surface area contributed by atoms with Gasteiger partial charge in [-0.3, -0.25) is 0 Å². The van der Waals surface area contributed by atoms with Gasteiger partial charge in [0, 0.05) is 0 Å². The highest BCUT2D eigenvalue weighted by Gasteiger charge is 2.56. The van der Waals surface area contributed by atoms with E-state index in [-0.39, 0.29) is 11.7 Å². The van der Waals surface area contributed by atoms with E-state index in [1.807, 2.05) is 0 Å². The molecule has 1 aliphatic carbocycles. The molecule has 3 aliphatic rings. The van der Waals surface area contributed by atoms with Crippen molar-refractivity contribution in [3.8, 4) is 0 Å². The summed E-state index contributed by atoms with van der Waals surface area (Å²) in [5, 5.41) is 10.3. The molecule has 2 heteroatoms. The second-order valence-corrected chi connectivity index (χ2v) is 5.52. The maximum atomic E-state index is 10.3. The van der Waals surface area contributed by atoms with E-state index in [9.17, 15) is 5.11 Å². The Morgan fingerprint density at radius 1 is 1.29 bits per heavy atom. The first-order chi connectivity index (χ1) is 6.72.